The second-order valence-corrected chi connectivity index (χ2v) is 4.90. The number of fused-ring (bicyclic) bond motifs is 1. The van der Waals surface area contributed by atoms with Gasteiger partial charge in [0.05, 0.1) is 12.2 Å². The van der Waals surface area contributed by atoms with E-state index in [0.29, 0.717) is 0 Å². The summed E-state index contributed by atoms with van der Waals surface area (Å²) >= 11 is 0. The van der Waals surface area contributed by atoms with Crippen LogP contribution < -0.4 is 0 Å². The van der Waals surface area contributed by atoms with Crippen LogP contribution in [0.15, 0.2) is 0 Å². The van der Waals surface area contributed by atoms with Crippen molar-refractivity contribution in [1.29, 1.82) is 0 Å². The Balaban J connectivity index is 2.23. The van der Waals surface area contributed by atoms with Crippen LogP contribution in [-0.4, -0.2) is 51.6 Å². The average Bonchev–Trinajstić information content (AvgIpc) is 2.48. The topological polar surface area (TPSA) is 79.2 Å². The first-order chi connectivity index (χ1) is 6.83. The molecule has 0 unspecified atom stereocenters. The second-order valence-electron chi connectivity index (χ2n) is 4.90. The van der Waals surface area contributed by atoms with Gasteiger partial charge in [0.2, 0.25) is 0 Å². The molecule has 5 nitrogen and oxygen atoms in total. The lowest BCUT2D eigenvalue weighted by Crippen LogP contribution is -2.59. The van der Waals surface area contributed by atoms with Crippen molar-refractivity contribution in [2.75, 3.05) is 0 Å². The Labute approximate surface area is 88.6 Å². The van der Waals surface area contributed by atoms with E-state index in [1.807, 2.05) is 0 Å². The van der Waals surface area contributed by atoms with Gasteiger partial charge in [-0.2, -0.15) is 0 Å². The second kappa shape index (κ2) is 3.40. The van der Waals surface area contributed by atoms with Crippen LogP contribution in [0.5, 0.6) is 0 Å². The molecule has 1 heterocycles. The van der Waals surface area contributed by atoms with E-state index in [-0.39, 0.29) is 12.0 Å². The summed E-state index contributed by atoms with van der Waals surface area (Å²) in [6.45, 7) is 5.29. The molecule has 1 aliphatic carbocycles. The quantitative estimate of drug-likeness (QED) is 0.498. The molecule has 5 heteroatoms. The number of aliphatic hydroxyl groups excluding tert-OH is 3. The third kappa shape index (κ3) is 1.68. The maximum atomic E-state index is 9.75. The van der Waals surface area contributed by atoms with Gasteiger partial charge >= 0.3 is 0 Å². The highest BCUT2D eigenvalue weighted by Gasteiger charge is 2.55. The van der Waals surface area contributed by atoms with E-state index >= 15 is 0 Å². The van der Waals surface area contributed by atoms with E-state index in [1.165, 1.54) is 0 Å². The van der Waals surface area contributed by atoms with Crippen LogP contribution in [-0.2, 0) is 9.47 Å². The number of hydrogen-bond acceptors (Lipinski definition) is 5. The van der Waals surface area contributed by atoms with Crippen LogP contribution in [0, 0.1) is 5.92 Å². The molecule has 2 rings (SSSR count). The highest BCUT2D eigenvalue weighted by atomic mass is 16.8. The number of aliphatic hydroxyl groups is 3. The van der Waals surface area contributed by atoms with Gasteiger partial charge in [-0.25, -0.2) is 0 Å². The van der Waals surface area contributed by atoms with Gasteiger partial charge in [-0.3, -0.25) is 0 Å². The zero-order valence-electron chi connectivity index (χ0n) is 9.12. The zero-order valence-corrected chi connectivity index (χ0v) is 9.12. The first kappa shape index (κ1) is 11.3. The number of ether oxygens (including phenoxy) is 2. The molecule has 3 N–H and O–H groups in total. The van der Waals surface area contributed by atoms with Gasteiger partial charge in [0, 0.05) is 5.92 Å². The predicted octanol–water partition coefficient (Wildman–Crippen LogP) is -0.761. The van der Waals surface area contributed by atoms with Gasteiger partial charge in [-0.15, -0.1) is 0 Å². The van der Waals surface area contributed by atoms with Gasteiger partial charge < -0.3 is 24.8 Å². The molecular weight excluding hydrogens is 200 g/mol. The zero-order chi connectivity index (χ0) is 11.4. The third-order valence-corrected chi connectivity index (χ3v) is 3.26. The fourth-order valence-corrected chi connectivity index (χ4v) is 2.39. The van der Waals surface area contributed by atoms with E-state index < -0.39 is 30.2 Å². The lowest BCUT2D eigenvalue weighted by Gasteiger charge is -2.39. The van der Waals surface area contributed by atoms with Gasteiger partial charge in [-0.05, 0) is 13.8 Å². The summed E-state index contributed by atoms with van der Waals surface area (Å²) in [7, 11) is 0. The Morgan fingerprint density at radius 2 is 1.40 bits per heavy atom. The van der Waals surface area contributed by atoms with Gasteiger partial charge in [0.25, 0.3) is 0 Å². The van der Waals surface area contributed by atoms with E-state index in [4.69, 9.17) is 9.47 Å². The molecule has 0 aromatic rings. The lowest BCUT2D eigenvalue weighted by atomic mass is 9.80. The standard InChI is InChI=1S/C10H18O5/c1-4-5(11)6(12)7(13)9-8(4)14-10(2,3)15-9/h4-9,11-13H,1-3H3/t4-,5-,6+,7-,8+,9-/m0/s1. The van der Waals surface area contributed by atoms with E-state index in [1.54, 1.807) is 20.8 Å². The summed E-state index contributed by atoms with van der Waals surface area (Å²) in [6, 6.07) is 0. The molecule has 0 aromatic carbocycles. The van der Waals surface area contributed by atoms with Crippen LogP contribution in [0.3, 0.4) is 0 Å². The average molecular weight is 218 g/mol. The fraction of sp³-hybridized carbons (Fsp3) is 1.00. The minimum Gasteiger partial charge on any atom is -0.390 e. The summed E-state index contributed by atoms with van der Waals surface area (Å²) < 4.78 is 11.1. The van der Waals surface area contributed by atoms with Crippen molar-refractivity contribution >= 4 is 0 Å². The molecule has 88 valence electrons. The Morgan fingerprint density at radius 1 is 0.867 bits per heavy atom. The van der Waals surface area contributed by atoms with Crippen LogP contribution in [0.1, 0.15) is 20.8 Å². The first-order valence-corrected chi connectivity index (χ1v) is 5.23. The Morgan fingerprint density at radius 3 is 2.00 bits per heavy atom. The minimum absolute atomic E-state index is 0.254. The van der Waals surface area contributed by atoms with Crippen molar-refractivity contribution in [2.45, 2.75) is 57.1 Å². The number of hydrogen-bond donors (Lipinski definition) is 3. The predicted molar refractivity (Wildman–Crippen MR) is 51.0 cm³/mol. The maximum absolute atomic E-state index is 9.75. The highest BCUT2D eigenvalue weighted by molar-refractivity contribution is 5.01. The van der Waals surface area contributed by atoms with Crippen molar-refractivity contribution < 1.29 is 24.8 Å². The molecule has 0 amide bonds. The van der Waals surface area contributed by atoms with Gasteiger partial charge in [0.1, 0.15) is 18.3 Å². The van der Waals surface area contributed by atoms with Crippen LogP contribution >= 0.6 is 0 Å². The SMILES string of the molecule is C[C@H]1[C@H](O)[C@@H](O)[C@H](O)[C@@H]2OC(C)(C)O[C@H]12. The van der Waals surface area contributed by atoms with Gasteiger partial charge in [-0.1, -0.05) is 6.92 Å². The largest absolute Gasteiger partial charge is 0.390 e. The molecule has 0 spiro atoms. The highest BCUT2D eigenvalue weighted by Crippen LogP contribution is 2.39. The Kier molecular flexibility index (Phi) is 2.56. The molecular formula is C10H18O5. The summed E-state index contributed by atoms with van der Waals surface area (Å²) in [5, 5.41) is 29.0. The van der Waals surface area contributed by atoms with E-state index in [2.05, 4.69) is 0 Å². The minimum atomic E-state index is -1.17. The molecule has 0 aromatic heterocycles. The summed E-state index contributed by atoms with van der Waals surface area (Å²) in [4.78, 5) is 0. The first-order valence-electron chi connectivity index (χ1n) is 5.23. The molecule has 0 bridgehead atoms. The Bertz CT molecular complexity index is 230. The van der Waals surface area contributed by atoms with Gasteiger partial charge in [0.15, 0.2) is 5.79 Å². The summed E-state index contributed by atoms with van der Waals surface area (Å²) in [6.07, 6.45) is -4.16. The molecule has 2 fully saturated rings. The third-order valence-electron chi connectivity index (χ3n) is 3.26. The van der Waals surface area contributed by atoms with Crippen LogP contribution in [0.25, 0.3) is 0 Å². The number of rotatable bonds is 0. The van der Waals surface area contributed by atoms with Crippen molar-refractivity contribution in [3.8, 4) is 0 Å². The van der Waals surface area contributed by atoms with Crippen molar-refractivity contribution in [3.63, 3.8) is 0 Å². The van der Waals surface area contributed by atoms with E-state index in [0.717, 1.165) is 0 Å². The fourth-order valence-electron chi connectivity index (χ4n) is 2.39. The molecule has 1 aliphatic heterocycles. The summed E-state index contributed by atoms with van der Waals surface area (Å²) in [5.41, 5.74) is 0. The summed E-state index contributed by atoms with van der Waals surface area (Å²) in [5.74, 6) is -1.02. The lowest BCUT2D eigenvalue weighted by molar-refractivity contribution is -0.171. The van der Waals surface area contributed by atoms with Crippen molar-refractivity contribution in [2.24, 2.45) is 5.92 Å². The van der Waals surface area contributed by atoms with E-state index in [9.17, 15) is 15.3 Å². The van der Waals surface area contributed by atoms with Crippen molar-refractivity contribution in [3.05, 3.63) is 0 Å². The molecule has 2 aliphatic rings. The smallest absolute Gasteiger partial charge is 0.163 e. The molecule has 6 atom stereocenters. The van der Waals surface area contributed by atoms with Crippen LogP contribution in [0.2, 0.25) is 0 Å². The molecule has 1 saturated carbocycles. The normalized spacial score (nSPS) is 54.0. The van der Waals surface area contributed by atoms with Crippen LogP contribution in [0.4, 0.5) is 0 Å². The monoisotopic (exact) mass is 218 g/mol. The van der Waals surface area contributed by atoms with Crippen molar-refractivity contribution in [1.82, 2.24) is 0 Å². The molecule has 15 heavy (non-hydrogen) atoms. The maximum Gasteiger partial charge on any atom is 0.163 e. The molecule has 1 saturated heterocycles. The Hall–Kier alpha value is -0.200. The molecule has 0 radical (unpaired) electrons.